The van der Waals surface area contributed by atoms with Crippen molar-refractivity contribution >= 4 is 5.97 Å². The average molecular weight is 171 g/mol. The van der Waals surface area contributed by atoms with Crippen molar-refractivity contribution in [1.29, 1.82) is 0 Å². The molecule has 2 nitrogen and oxygen atoms in total. The van der Waals surface area contributed by atoms with E-state index in [0.29, 0.717) is 12.3 Å². The molecule has 2 atom stereocenters. The Hall–Kier alpha value is -0.530. The van der Waals surface area contributed by atoms with Crippen molar-refractivity contribution in [1.82, 2.24) is 0 Å². The zero-order valence-electron chi connectivity index (χ0n) is 8.46. The number of ether oxygens (including phenoxy) is 1. The van der Waals surface area contributed by atoms with Gasteiger partial charge in [-0.05, 0) is 19.3 Å². The van der Waals surface area contributed by atoms with Gasteiger partial charge in [0.05, 0.1) is 0 Å². The van der Waals surface area contributed by atoms with E-state index < -0.39 is 0 Å². The summed E-state index contributed by atoms with van der Waals surface area (Å²) in [7, 11) is 0. The van der Waals surface area contributed by atoms with Gasteiger partial charge in [0.15, 0.2) is 0 Å². The van der Waals surface area contributed by atoms with Crippen LogP contribution >= 0.6 is 0 Å². The van der Waals surface area contributed by atoms with E-state index in [-0.39, 0.29) is 12.1 Å². The summed E-state index contributed by atoms with van der Waals surface area (Å²) < 4.78 is 5.08. The van der Waals surface area contributed by atoms with Crippen LogP contribution < -0.4 is 0 Å². The molecule has 0 aromatic rings. The maximum atomic E-state index is 11.1. The molecule has 0 N–H and O–H groups in total. The Morgan fingerprint density at radius 3 is 2.50 bits per heavy atom. The third-order valence-corrected chi connectivity index (χ3v) is 2.00. The third-order valence-electron chi connectivity index (χ3n) is 2.00. The summed E-state index contributed by atoms with van der Waals surface area (Å²) in [4.78, 5) is 11.1. The SMILES string of the molecule is C[CH][C@@H](C)OC(=O)CC(C)CC. The van der Waals surface area contributed by atoms with Crippen molar-refractivity contribution in [3.05, 3.63) is 6.42 Å². The predicted octanol–water partition coefficient (Wildman–Crippen LogP) is 2.58. The van der Waals surface area contributed by atoms with Gasteiger partial charge in [-0.1, -0.05) is 27.2 Å². The summed E-state index contributed by atoms with van der Waals surface area (Å²) in [5.41, 5.74) is 0. The van der Waals surface area contributed by atoms with Crippen LogP contribution in [0.4, 0.5) is 0 Å². The second kappa shape index (κ2) is 6.04. The third kappa shape index (κ3) is 5.16. The minimum absolute atomic E-state index is 0.0541. The molecular weight excluding hydrogens is 152 g/mol. The van der Waals surface area contributed by atoms with Gasteiger partial charge in [-0.2, -0.15) is 0 Å². The van der Waals surface area contributed by atoms with Crippen LogP contribution in [-0.2, 0) is 9.53 Å². The molecule has 0 saturated carbocycles. The van der Waals surface area contributed by atoms with Crippen LogP contribution in [0.2, 0.25) is 0 Å². The van der Waals surface area contributed by atoms with Gasteiger partial charge in [0.2, 0.25) is 0 Å². The van der Waals surface area contributed by atoms with Crippen molar-refractivity contribution in [2.45, 2.75) is 46.6 Å². The molecule has 0 aliphatic heterocycles. The van der Waals surface area contributed by atoms with Gasteiger partial charge in [-0.3, -0.25) is 4.79 Å². The van der Waals surface area contributed by atoms with E-state index in [4.69, 9.17) is 4.74 Å². The van der Waals surface area contributed by atoms with Crippen LogP contribution in [0.1, 0.15) is 40.5 Å². The summed E-state index contributed by atoms with van der Waals surface area (Å²) in [5.74, 6) is 0.344. The molecule has 1 radical (unpaired) electrons. The van der Waals surface area contributed by atoms with E-state index in [1.165, 1.54) is 0 Å². The van der Waals surface area contributed by atoms with Gasteiger partial charge < -0.3 is 4.74 Å². The fourth-order valence-electron chi connectivity index (χ4n) is 0.752. The van der Waals surface area contributed by atoms with Gasteiger partial charge in [0, 0.05) is 6.42 Å². The normalized spacial score (nSPS) is 15.3. The quantitative estimate of drug-likeness (QED) is 0.594. The molecule has 0 aliphatic carbocycles. The molecule has 0 amide bonds. The van der Waals surface area contributed by atoms with Crippen molar-refractivity contribution in [2.24, 2.45) is 5.92 Å². The molecule has 0 saturated heterocycles. The van der Waals surface area contributed by atoms with E-state index in [0.717, 1.165) is 6.42 Å². The van der Waals surface area contributed by atoms with E-state index in [9.17, 15) is 4.79 Å². The summed E-state index contributed by atoms with van der Waals surface area (Å²) in [5, 5.41) is 0. The largest absolute Gasteiger partial charge is 0.462 e. The van der Waals surface area contributed by atoms with Crippen molar-refractivity contribution < 1.29 is 9.53 Å². The summed E-state index contributed by atoms with van der Waals surface area (Å²) in [6.45, 7) is 7.89. The van der Waals surface area contributed by atoms with Gasteiger partial charge in [-0.15, -0.1) is 0 Å². The maximum absolute atomic E-state index is 11.1. The highest BCUT2D eigenvalue weighted by atomic mass is 16.5. The number of rotatable bonds is 5. The van der Waals surface area contributed by atoms with Crippen LogP contribution in [0.3, 0.4) is 0 Å². The molecule has 0 aromatic carbocycles. The highest BCUT2D eigenvalue weighted by Crippen LogP contribution is 2.08. The highest BCUT2D eigenvalue weighted by Gasteiger charge is 2.10. The summed E-state index contributed by atoms with van der Waals surface area (Å²) >= 11 is 0. The molecule has 0 heterocycles. The molecule has 71 valence electrons. The first-order chi connectivity index (χ1) is 5.60. The smallest absolute Gasteiger partial charge is 0.306 e. The minimum Gasteiger partial charge on any atom is -0.462 e. The lowest BCUT2D eigenvalue weighted by molar-refractivity contribution is -0.147. The van der Waals surface area contributed by atoms with Gasteiger partial charge in [0.1, 0.15) is 6.10 Å². The number of carbonyl (C=O) groups is 1. The molecule has 0 aliphatic rings. The lowest BCUT2D eigenvalue weighted by Crippen LogP contribution is -2.16. The first-order valence-electron chi connectivity index (χ1n) is 4.59. The number of carbonyl (C=O) groups excluding carboxylic acids is 1. The van der Waals surface area contributed by atoms with Crippen LogP contribution in [0.5, 0.6) is 0 Å². The number of hydrogen-bond acceptors (Lipinski definition) is 2. The Bertz CT molecular complexity index is 118. The van der Waals surface area contributed by atoms with Gasteiger partial charge in [-0.25, -0.2) is 0 Å². The van der Waals surface area contributed by atoms with Crippen LogP contribution in [0.25, 0.3) is 0 Å². The predicted molar refractivity (Wildman–Crippen MR) is 49.6 cm³/mol. The number of esters is 1. The molecular formula is C10H19O2. The topological polar surface area (TPSA) is 26.3 Å². The fraction of sp³-hybridized carbons (Fsp3) is 0.800. The summed E-state index contributed by atoms with van der Waals surface area (Å²) in [6.07, 6.45) is 3.38. The first-order valence-corrected chi connectivity index (χ1v) is 4.59. The first kappa shape index (κ1) is 11.5. The molecule has 12 heavy (non-hydrogen) atoms. The molecule has 0 bridgehead atoms. The van der Waals surface area contributed by atoms with Gasteiger partial charge in [0.25, 0.3) is 0 Å². The Balaban J connectivity index is 3.59. The maximum Gasteiger partial charge on any atom is 0.306 e. The molecule has 2 heteroatoms. The second-order valence-electron chi connectivity index (χ2n) is 3.25. The fourth-order valence-corrected chi connectivity index (χ4v) is 0.752. The highest BCUT2D eigenvalue weighted by molar-refractivity contribution is 5.69. The van der Waals surface area contributed by atoms with Gasteiger partial charge >= 0.3 is 5.97 Å². The van der Waals surface area contributed by atoms with Crippen LogP contribution in [-0.4, -0.2) is 12.1 Å². The van der Waals surface area contributed by atoms with Crippen LogP contribution in [0.15, 0.2) is 0 Å². The minimum atomic E-state index is -0.0880. The Kier molecular flexibility index (Phi) is 5.77. The van der Waals surface area contributed by atoms with Crippen molar-refractivity contribution in [3.8, 4) is 0 Å². The Labute approximate surface area is 75.3 Å². The molecule has 0 spiro atoms. The number of hydrogen-bond donors (Lipinski definition) is 0. The van der Waals surface area contributed by atoms with Crippen molar-refractivity contribution in [3.63, 3.8) is 0 Å². The zero-order valence-corrected chi connectivity index (χ0v) is 8.46. The molecule has 0 aromatic heterocycles. The van der Waals surface area contributed by atoms with E-state index in [1.54, 1.807) is 0 Å². The average Bonchev–Trinajstić information content (AvgIpc) is 2.03. The summed E-state index contributed by atoms with van der Waals surface area (Å²) in [6, 6.07) is 0. The lowest BCUT2D eigenvalue weighted by Gasteiger charge is -2.12. The van der Waals surface area contributed by atoms with E-state index in [1.807, 2.05) is 20.3 Å². The van der Waals surface area contributed by atoms with Crippen LogP contribution in [0, 0.1) is 12.3 Å². The van der Waals surface area contributed by atoms with E-state index >= 15 is 0 Å². The zero-order chi connectivity index (χ0) is 9.56. The second-order valence-corrected chi connectivity index (χ2v) is 3.25. The monoisotopic (exact) mass is 171 g/mol. The standard InChI is InChI=1S/C10H19O2/c1-5-8(3)7-10(11)12-9(4)6-2/h6,8-9H,5,7H2,1-4H3/t8?,9-/m1/s1. The van der Waals surface area contributed by atoms with E-state index in [2.05, 4.69) is 13.8 Å². The molecule has 0 rings (SSSR count). The molecule has 1 unspecified atom stereocenters. The Morgan fingerprint density at radius 1 is 1.50 bits per heavy atom. The molecule has 0 fully saturated rings. The lowest BCUT2D eigenvalue weighted by atomic mass is 10.1. The Morgan fingerprint density at radius 2 is 2.08 bits per heavy atom. The van der Waals surface area contributed by atoms with Crippen molar-refractivity contribution in [2.75, 3.05) is 0 Å².